The lowest BCUT2D eigenvalue weighted by Gasteiger charge is -2.29. The van der Waals surface area contributed by atoms with Crippen molar-refractivity contribution < 1.29 is 0 Å². The maximum absolute atomic E-state index is 6.41. The van der Waals surface area contributed by atoms with Crippen LogP contribution in [-0.4, -0.2) is 0 Å². The van der Waals surface area contributed by atoms with Crippen LogP contribution in [0.15, 0.2) is 24.3 Å². The fraction of sp³-hybridized carbons (Fsp3) is 0.600. The normalized spacial score (nSPS) is 15.9. The van der Waals surface area contributed by atoms with Crippen LogP contribution in [0.3, 0.4) is 0 Å². The standard InChI is InChI=1S/C15H25N/c1-12-7-6-8-13(11-12)15(5,16)10-9-14(2,3)4/h6-8,11H,9-10,16H2,1-5H3. The van der Waals surface area contributed by atoms with Crippen LogP contribution in [0.5, 0.6) is 0 Å². The molecule has 0 aromatic heterocycles. The molecule has 90 valence electrons. The van der Waals surface area contributed by atoms with E-state index in [-0.39, 0.29) is 5.54 Å². The summed E-state index contributed by atoms with van der Waals surface area (Å²) in [5, 5.41) is 0. The number of hydrogen-bond acceptors (Lipinski definition) is 1. The second-order valence-electron chi connectivity index (χ2n) is 6.35. The van der Waals surface area contributed by atoms with E-state index in [4.69, 9.17) is 5.73 Å². The molecule has 0 heterocycles. The van der Waals surface area contributed by atoms with Crippen molar-refractivity contribution in [2.75, 3.05) is 0 Å². The Balaban J connectivity index is 2.77. The lowest BCUT2D eigenvalue weighted by atomic mass is 9.81. The van der Waals surface area contributed by atoms with Crippen molar-refractivity contribution in [2.24, 2.45) is 11.1 Å². The molecule has 1 aromatic rings. The molecule has 0 amide bonds. The molecule has 1 unspecified atom stereocenters. The Morgan fingerprint density at radius 1 is 1.06 bits per heavy atom. The van der Waals surface area contributed by atoms with Gasteiger partial charge in [0.15, 0.2) is 0 Å². The molecule has 1 nitrogen and oxygen atoms in total. The van der Waals surface area contributed by atoms with E-state index in [0.717, 1.165) is 12.8 Å². The molecule has 1 rings (SSSR count). The van der Waals surface area contributed by atoms with Gasteiger partial charge in [-0.3, -0.25) is 0 Å². The molecule has 0 saturated carbocycles. The monoisotopic (exact) mass is 219 g/mol. The molecule has 2 N–H and O–H groups in total. The summed E-state index contributed by atoms with van der Waals surface area (Å²) >= 11 is 0. The first kappa shape index (κ1) is 13.2. The molecule has 1 atom stereocenters. The summed E-state index contributed by atoms with van der Waals surface area (Å²) in [6.07, 6.45) is 2.17. The minimum atomic E-state index is -0.209. The molecule has 0 radical (unpaired) electrons. The van der Waals surface area contributed by atoms with Crippen LogP contribution in [-0.2, 0) is 5.54 Å². The zero-order valence-corrected chi connectivity index (χ0v) is 11.3. The quantitative estimate of drug-likeness (QED) is 0.817. The van der Waals surface area contributed by atoms with Gasteiger partial charge < -0.3 is 5.73 Å². The maximum atomic E-state index is 6.41. The molecule has 0 saturated heterocycles. The first-order valence-corrected chi connectivity index (χ1v) is 6.07. The Morgan fingerprint density at radius 2 is 1.69 bits per heavy atom. The Bertz CT molecular complexity index is 345. The Labute approximate surface area is 100 Å². The van der Waals surface area contributed by atoms with E-state index in [1.54, 1.807) is 0 Å². The van der Waals surface area contributed by atoms with Gasteiger partial charge in [-0.25, -0.2) is 0 Å². The van der Waals surface area contributed by atoms with E-state index in [9.17, 15) is 0 Å². The number of rotatable bonds is 3. The summed E-state index contributed by atoms with van der Waals surface area (Å²) in [5.41, 5.74) is 9.09. The van der Waals surface area contributed by atoms with Crippen molar-refractivity contribution >= 4 is 0 Å². The number of hydrogen-bond donors (Lipinski definition) is 1. The predicted molar refractivity (Wildman–Crippen MR) is 71.4 cm³/mol. The van der Waals surface area contributed by atoms with E-state index >= 15 is 0 Å². The molecule has 0 fully saturated rings. The summed E-state index contributed by atoms with van der Waals surface area (Å²) in [6.45, 7) is 11.0. The smallest absolute Gasteiger partial charge is 0.0381 e. The molecule has 16 heavy (non-hydrogen) atoms. The average Bonchev–Trinajstić information content (AvgIpc) is 2.14. The molecule has 0 aliphatic rings. The van der Waals surface area contributed by atoms with Gasteiger partial charge in [0.25, 0.3) is 0 Å². The molecule has 1 aromatic carbocycles. The summed E-state index contributed by atoms with van der Waals surface area (Å²) < 4.78 is 0. The lowest BCUT2D eigenvalue weighted by Crippen LogP contribution is -2.34. The van der Waals surface area contributed by atoms with Crippen LogP contribution in [0.1, 0.15) is 51.7 Å². The first-order chi connectivity index (χ1) is 7.21. The van der Waals surface area contributed by atoms with Crippen LogP contribution < -0.4 is 5.73 Å². The summed E-state index contributed by atoms with van der Waals surface area (Å²) in [4.78, 5) is 0. The topological polar surface area (TPSA) is 26.0 Å². The van der Waals surface area contributed by atoms with Crippen LogP contribution >= 0.6 is 0 Å². The first-order valence-electron chi connectivity index (χ1n) is 6.07. The summed E-state index contributed by atoms with van der Waals surface area (Å²) in [7, 11) is 0. The maximum Gasteiger partial charge on any atom is 0.0381 e. The number of benzene rings is 1. The van der Waals surface area contributed by atoms with Crippen LogP contribution in [0, 0.1) is 12.3 Å². The summed E-state index contributed by atoms with van der Waals surface area (Å²) in [5.74, 6) is 0. The van der Waals surface area contributed by atoms with Crippen molar-refractivity contribution in [1.29, 1.82) is 0 Å². The van der Waals surface area contributed by atoms with Gasteiger partial charge in [0.1, 0.15) is 0 Å². The minimum Gasteiger partial charge on any atom is -0.322 e. The largest absolute Gasteiger partial charge is 0.322 e. The highest BCUT2D eigenvalue weighted by Crippen LogP contribution is 2.30. The highest BCUT2D eigenvalue weighted by molar-refractivity contribution is 5.28. The van der Waals surface area contributed by atoms with Crippen molar-refractivity contribution in [2.45, 2.75) is 53.0 Å². The molecule has 0 aliphatic heterocycles. The molecular weight excluding hydrogens is 194 g/mol. The van der Waals surface area contributed by atoms with Crippen molar-refractivity contribution in [3.05, 3.63) is 35.4 Å². The van der Waals surface area contributed by atoms with Crippen LogP contribution in [0.2, 0.25) is 0 Å². The highest BCUT2D eigenvalue weighted by Gasteiger charge is 2.23. The number of aryl methyl sites for hydroxylation is 1. The third-order valence-corrected chi connectivity index (χ3v) is 3.07. The fourth-order valence-electron chi connectivity index (χ4n) is 1.78. The second kappa shape index (κ2) is 4.58. The van der Waals surface area contributed by atoms with Gasteiger partial charge in [0, 0.05) is 5.54 Å². The predicted octanol–water partition coefficient (Wildman–Crippen LogP) is 4.00. The van der Waals surface area contributed by atoms with Gasteiger partial charge in [-0.05, 0) is 37.7 Å². The van der Waals surface area contributed by atoms with E-state index < -0.39 is 0 Å². The van der Waals surface area contributed by atoms with Crippen molar-refractivity contribution in [3.63, 3.8) is 0 Å². The van der Waals surface area contributed by atoms with E-state index in [1.165, 1.54) is 11.1 Å². The van der Waals surface area contributed by atoms with Crippen molar-refractivity contribution in [3.8, 4) is 0 Å². The Morgan fingerprint density at radius 3 is 2.19 bits per heavy atom. The van der Waals surface area contributed by atoms with Gasteiger partial charge in [-0.15, -0.1) is 0 Å². The van der Waals surface area contributed by atoms with Crippen LogP contribution in [0.4, 0.5) is 0 Å². The zero-order valence-electron chi connectivity index (χ0n) is 11.3. The minimum absolute atomic E-state index is 0.209. The third kappa shape index (κ3) is 3.97. The molecular formula is C15H25N. The Kier molecular flexibility index (Phi) is 3.80. The highest BCUT2D eigenvalue weighted by atomic mass is 14.7. The third-order valence-electron chi connectivity index (χ3n) is 3.07. The average molecular weight is 219 g/mol. The fourth-order valence-corrected chi connectivity index (χ4v) is 1.78. The number of nitrogens with two attached hydrogens (primary N) is 1. The van der Waals surface area contributed by atoms with E-state index in [0.29, 0.717) is 5.41 Å². The van der Waals surface area contributed by atoms with Gasteiger partial charge in [0.05, 0.1) is 0 Å². The molecule has 0 aliphatic carbocycles. The zero-order chi connectivity index (χ0) is 12.4. The van der Waals surface area contributed by atoms with Gasteiger partial charge >= 0.3 is 0 Å². The molecule has 1 heteroatoms. The Hall–Kier alpha value is -0.820. The molecule has 0 spiro atoms. The SMILES string of the molecule is Cc1cccc(C(C)(N)CCC(C)(C)C)c1. The lowest BCUT2D eigenvalue weighted by molar-refractivity contribution is 0.307. The van der Waals surface area contributed by atoms with E-state index in [2.05, 4.69) is 58.9 Å². The van der Waals surface area contributed by atoms with Gasteiger partial charge in [-0.2, -0.15) is 0 Å². The van der Waals surface area contributed by atoms with Crippen molar-refractivity contribution in [1.82, 2.24) is 0 Å². The molecule has 0 bridgehead atoms. The van der Waals surface area contributed by atoms with Crippen LogP contribution in [0.25, 0.3) is 0 Å². The summed E-state index contributed by atoms with van der Waals surface area (Å²) in [6, 6.07) is 8.54. The van der Waals surface area contributed by atoms with Gasteiger partial charge in [-0.1, -0.05) is 50.6 Å². The van der Waals surface area contributed by atoms with E-state index in [1.807, 2.05) is 0 Å². The second-order valence-corrected chi connectivity index (χ2v) is 6.35. The van der Waals surface area contributed by atoms with Gasteiger partial charge in [0.2, 0.25) is 0 Å².